The molecule has 0 spiro atoms. The van der Waals surface area contributed by atoms with Gasteiger partial charge in [-0.1, -0.05) is 30.3 Å². The van der Waals surface area contributed by atoms with Gasteiger partial charge in [-0.25, -0.2) is 4.98 Å². The van der Waals surface area contributed by atoms with Gasteiger partial charge < -0.3 is 5.73 Å². The maximum atomic E-state index is 5.56. The predicted molar refractivity (Wildman–Crippen MR) is 64.7 cm³/mol. The van der Waals surface area contributed by atoms with E-state index >= 15 is 0 Å². The monoisotopic (exact) mass is 216 g/mol. The summed E-state index contributed by atoms with van der Waals surface area (Å²) in [5, 5.41) is 1.01. The largest absolute Gasteiger partial charge is 0.397 e. The van der Waals surface area contributed by atoms with Gasteiger partial charge in [0.1, 0.15) is 0 Å². The molecule has 0 atom stereocenters. The zero-order chi connectivity index (χ0) is 10.5. The Hall–Kier alpha value is -1.48. The standard InChI is InChI=1S/C12H12N2S/c13-11-6-7-12(14-8-11)15-9-10-4-2-1-3-5-10/h1-8H,9,13H2. The van der Waals surface area contributed by atoms with Gasteiger partial charge in [0.15, 0.2) is 0 Å². The average molecular weight is 216 g/mol. The third-order valence-corrected chi connectivity index (χ3v) is 3.00. The molecule has 0 bridgehead atoms. The number of hydrogen-bond acceptors (Lipinski definition) is 3. The van der Waals surface area contributed by atoms with Crippen molar-refractivity contribution in [2.75, 3.05) is 5.73 Å². The van der Waals surface area contributed by atoms with Crippen LogP contribution in [0.2, 0.25) is 0 Å². The van der Waals surface area contributed by atoms with Crippen molar-refractivity contribution in [3.05, 3.63) is 54.2 Å². The first-order valence-electron chi connectivity index (χ1n) is 4.73. The van der Waals surface area contributed by atoms with Gasteiger partial charge in [0, 0.05) is 5.75 Å². The van der Waals surface area contributed by atoms with E-state index in [1.165, 1.54) is 5.56 Å². The van der Waals surface area contributed by atoms with Gasteiger partial charge in [0.05, 0.1) is 16.9 Å². The molecule has 0 fully saturated rings. The van der Waals surface area contributed by atoms with Gasteiger partial charge in [0.2, 0.25) is 0 Å². The molecule has 76 valence electrons. The zero-order valence-corrected chi connectivity index (χ0v) is 9.08. The normalized spacial score (nSPS) is 10.1. The van der Waals surface area contributed by atoms with Crippen LogP contribution in [0.5, 0.6) is 0 Å². The van der Waals surface area contributed by atoms with Crippen LogP contribution >= 0.6 is 11.8 Å². The fourth-order valence-corrected chi connectivity index (χ4v) is 2.01. The van der Waals surface area contributed by atoms with E-state index < -0.39 is 0 Å². The summed E-state index contributed by atoms with van der Waals surface area (Å²) in [4.78, 5) is 4.23. The Kier molecular flexibility index (Phi) is 3.25. The molecule has 0 aliphatic heterocycles. The fourth-order valence-electron chi connectivity index (χ4n) is 1.21. The van der Waals surface area contributed by atoms with Crippen molar-refractivity contribution in [3.8, 4) is 0 Å². The van der Waals surface area contributed by atoms with Crippen LogP contribution in [0.15, 0.2) is 53.7 Å². The quantitative estimate of drug-likeness (QED) is 0.802. The minimum Gasteiger partial charge on any atom is -0.397 e. The first-order valence-corrected chi connectivity index (χ1v) is 5.71. The molecule has 0 radical (unpaired) electrons. The number of thioether (sulfide) groups is 1. The van der Waals surface area contributed by atoms with Crippen LogP contribution in [0.4, 0.5) is 5.69 Å². The lowest BCUT2D eigenvalue weighted by atomic mass is 10.2. The van der Waals surface area contributed by atoms with Crippen molar-refractivity contribution >= 4 is 17.4 Å². The lowest BCUT2D eigenvalue weighted by Gasteiger charge is -2.01. The number of anilines is 1. The Labute approximate surface area is 93.5 Å². The van der Waals surface area contributed by atoms with Gasteiger partial charge in [0.25, 0.3) is 0 Å². The van der Waals surface area contributed by atoms with Crippen molar-refractivity contribution in [2.45, 2.75) is 10.8 Å². The summed E-state index contributed by atoms with van der Waals surface area (Å²) in [5.41, 5.74) is 7.58. The number of rotatable bonds is 3. The highest BCUT2D eigenvalue weighted by atomic mass is 32.2. The molecule has 2 aromatic rings. The summed E-state index contributed by atoms with van der Waals surface area (Å²) in [5.74, 6) is 0.942. The van der Waals surface area contributed by atoms with Gasteiger partial charge in [-0.15, -0.1) is 11.8 Å². The van der Waals surface area contributed by atoms with Crippen molar-refractivity contribution in [2.24, 2.45) is 0 Å². The summed E-state index contributed by atoms with van der Waals surface area (Å²) >= 11 is 1.72. The molecular formula is C12H12N2S. The number of nitrogen functional groups attached to an aromatic ring is 1. The Morgan fingerprint density at radius 2 is 1.87 bits per heavy atom. The molecule has 1 aromatic heterocycles. The number of nitrogens with two attached hydrogens (primary N) is 1. The van der Waals surface area contributed by atoms with Crippen molar-refractivity contribution in [1.29, 1.82) is 0 Å². The summed E-state index contributed by atoms with van der Waals surface area (Å²) < 4.78 is 0. The van der Waals surface area contributed by atoms with Gasteiger partial charge in [-0.3, -0.25) is 0 Å². The van der Waals surface area contributed by atoms with Crippen LogP contribution in [0.3, 0.4) is 0 Å². The molecule has 0 amide bonds. The minimum atomic E-state index is 0.707. The molecular weight excluding hydrogens is 204 g/mol. The van der Waals surface area contributed by atoms with Crippen LogP contribution in [0.1, 0.15) is 5.56 Å². The van der Waals surface area contributed by atoms with E-state index in [0.717, 1.165) is 10.8 Å². The molecule has 15 heavy (non-hydrogen) atoms. The van der Waals surface area contributed by atoms with Crippen LogP contribution in [0, 0.1) is 0 Å². The first-order chi connectivity index (χ1) is 7.34. The number of aromatic nitrogens is 1. The number of nitrogens with zero attached hydrogens (tertiary/aromatic N) is 1. The zero-order valence-electron chi connectivity index (χ0n) is 8.26. The van der Waals surface area contributed by atoms with E-state index in [0.29, 0.717) is 5.69 Å². The number of pyridine rings is 1. The second-order valence-electron chi connectivity index (χ2n) is 3.20. The molecule has 2 nitrogen and oxygen atoms in total. The predicted octanol–water partition coefficient (Wildman–Crippen LogP) is 2.96. The maximum absolute atomic E-state index is 5.56. The van der Waals surface area contributed by atoms with E-state index in [4.69, 9.17) is 5.73 Å². The molecule has 0 unspecified atom stereocenters. The van der Waals surface area contributed by atoms with Crippen LogP contribution in [-0.4, -0.2) is 4.98 Å². The average Bonchev–Trinajstić information content (AvgIpc) is 2.30. The smallest absolute Gasteiger partial charge is 0.0964 e. The van der Waals surface area contributed by atoms with Crippen molar-refractivity contribution < 1.29 is 0 Å². The van der Waals surface area contributed by atoms with E-state index in [9.17, 15) is 0 Å². The Morgan fingerprint density at radius 1 is 1.07 bits per heavy atom. The van der Waals surface area contributed by atoms with Crippen LogP contribution < -0.4 is 5.73 Å². The van der Waals surface area contributed by atoms with Crippen molar-refractivity contribution in [1.82, 2.24) is 4.98 Å². The topological polar surface area (TPSA) is 38.9 Å². The molecule has 0 aliphatic carbocycles. The van der Waals surface area contributed by atoms with Gasteiger partial charge >= 0.3 is 0 Å². The minimum absolute atomic E-state index is 0.707. The SMILES string of the molecule is Nc1ccc(SCc2ccccc2)nc1. The lowest BCUT2D eigenvalue weighted by molar-refractivity contribution is 1.13. The molecule has 3 heteroatoms. The summed E-state index contributed by atoms with van der Waals surface area (Å²) in [6, 6.07) is 14.2. The summed E-state index contributed by atoms with van der Waals surface area (Å²) in [7, 11) is 0. The van der Waals surface area contributed by atoms with E-state index in [2.05, 4.69) is 17.1 Å². The summed E-state index contributed by atoms with van der Waals surface area (Å²) in [6.07, 6.45) is 1.69. The highest BCUT2D eigenvalue weighted by Gasteiger charge is 1.96. The summed E-state index contributed by atoms with van der Waals surface area (Å²) in [6.45, 7) is 0. The fraction of sp³-hybridized carbons (Fsp3) is 0.0833. The Balaban J connectivity index is 1.96. The molecule has 0 aliphatic rings. The molecule has 0 saturated carbocycles. The highest BCUT2D eigenvalue weighted by molar-refractivity contribution is 7.98. The number of hydrogen-bond donors (Lipinski definition) is 1. The maximum Gasteiger partial charge on any atom is 0.0964 e. The van der Waals surface area contributed by atoms with E-state index in [-0.39, 0.29) is 0 Å². The van der Waals surface area contributed by atoms with E-state index in [1.54, 1.807) is 18.0 Å². The molecule has 0 saturated heterocycles. The lowest BCUT2D eigenvalue weighted by Crippen LogP contribution is -1.87. The first kappa shape index (κ1) is 10.1. The second-order valence-corrected chi connectivity index (χ2v) is 4.20. The van der Waals surface area contributed by atoms with E-state index in [1.807, 2.05) is 30.3 Å². The van der Waals surface area contributed by atoms with Crippen molar-refractivity contribution in [3.63, 3.8) is 0 Å². The highest BCUT2D eigenvalue weighted by Crippen LogP contribution is 2.20. The molecule has 1 aromatic carbocycles. The Bertz CT molecular complexity index is 411. The Morgan fingerprint density at radius 3 is 2.53 bits per heavy atom. The third-order valence-electron chi connectivity index (χ3n) is 1.99. The molecule has 1 heterocycles. The molecule has 2 rings (SSSR count). The third kappa shape index (κ3) is 2.99. The second kappa shape index (κ2) is 4.84. The molecule has 2 N–H and O–H groups in total. The van der Waals surface area contributed by atoms with Crippen LogP contribution in [-0.2, 0) is 5.75 Å². The van der Waals surface area contributed by atoms with Gasteiger partial charge in [-0.2, -0.15) is 0 Å². The van der Waals surface area contributed by atoms with Gasteiger partial charge in [-0.05, 0) is 17.7 Å². The van der Waals surface area contributed by atoms with Crippen LogP contribution in [0.25, 0.3) is 0 Å². The number of benzene rings is 1.